The zero-order chi connectivity index (χ0) is 47.9. The first kappa shape index (κ1) is 61.8. The third-order valence-corrected chi connectivity index (χ3v) is 10.7. The van der Waals surface area contributed by atoms with Crippen LogP contribution in [0.4, 0.5) is 0 Å². The third kappa shape index (κ3) is 50.8. The molecule has 0 amide bonds. The molecule has 0 radical (unpaired) electrons. The number of esters is 3. The van der Waals surface area contributed by atoms with Gasteiger partial charge in [0.05, 0.1) is 0 Å². The molecule has 0 aliphatic carbocycles. The van der Waals surface area contributed by atoms with Crippen molar-refractivity contribution in [2.75, 3.05) is 13.2 Å². The minimum absolute atomic E-state index is 0.115. The first-order valence-electron chi connectivity index (χ1n) is 26.5. The summed E-state index contributed by atoms with van der Waals surface area (Å²) in [5, 5.41) is 0. The van der Waals surface area contributed by atoms with Crippen LogP contribution in [0.3, 0.4) is 0 Å². The summed E-state index contributed by atoms with van der Waals surface area (Å²) in [6.45, 7) is 6.33. The molecule has 0 saturated carbocycles. The van der Waals surface area contributed by atoms with Gasteiger partial charge in [0.2, 0.25) is 0 Å². The molecule has 0 saturated heterocycles. The Labute approximate surface area is 405 Å². The van der Waals surface area contributed by atoms with Crippen LogP contribution in [0.25, 0.3) is 0 Å². The van der Waals surface area contributed by atoms with Crippen LogP contribution in [-0.4, -0.2) is 37.2 Å². The Morgan fingerprint density at radius 1 is 0.318 bits per heavy atom. The standard InChI is InChI=1S/C60H96O6/c1-4-7-10-13-16-19-22-24-26-28-30-32-34-36-38-41-44-47-50-53-59(62)65-56-57(55-64-58(61)52-49-46-43-40-21-18-15-12-9-6-3)66-60(63)54-51-48-45-42-39-37-35-33-31-29-27-25-23-20-17-14-11-8-5-2/h7,10,12,15-17,19-20,24-27,30-33,36,38,44,47,57H,4-6,8-9,11,13-14,18,21-23,28-29,34-35,37,39-43,45-46,48-56H2,1-3H3/b10-7-,15-12-,19-16-,20-17-,26-24-,27-25-,32-30-,33-31-,38-36-,47-44-. The molecule has 6 heteroatoms. The molecule has 0 heterocycles. The van der Waals surface area contributed by atoms with Crippen molar-refractivity contribution >= 4 is 17.9 Å². The minimum atomic E-state index is -0.822. The van der Waals surface area contributed by atoms with Gasteiger partial charge in [0.25, 0.3) is 0 Å². The van der Waals surface area contributed by atoms with Crippen molar-refractivity contribution in [3.8, 4) is 0 Å². The van der Waals surface area contributed by atoms with Gasteiger partial charge in [0, 0.05) is 19.3 Å². The molecular formula is C60H96O6. The van der Waals surface area contributed by atoms with Gasteiger partial charge in [-0.2, -0.15) is 0 Å². The van der Waals surface area contributed by atoms with Crippen molar-refractivity contribution in [3.63, 3.8) is 0 Å². The lowest BCUT2D eigenvalue weighted by Crippen LogP contribution is -2.30. The van der Waals surface area contributed by atoms with E-state index in [4.69, 9.17) is 14.2 Å². The molecule has 372 valence electrons. The monoisotopic (exact) mass is 913 g/mol. The number of carbonyl (C=O) groups excluding carboxylic acids is 3. The van der Waals surface area contributed by atoms with Gasteiger partial charge in [0.1, 0.15) is 13.2 Å². The highest BCUT2D eigenvalue weighted by molar-refractivity contribution is 5.71. The predicted octanol–water partition coefficient (Wildman–Crippen LogP) is 17.7. The molecule has 0 fully saturated rings. The molecule has 1 unspecified atom stereocenters. The number of ether oxygens (including phenoxy) is 3. The molecule has 0 aromatic carbocycles. The smallest absolute Gasteiger partial charge is 0.306 e. The van der Waals surface area contributed by atoms with E-state index >= 15 is 0 Å². The van der Waals surface area contributed by atoms with E-state index in [1.807, 2.05) is 12.2 Å². The van der Waals surface area contributed by atoms with Gasteiger partial charge in [-0.05, 0) is 116 Å². The Hall–Kier alpha value is -4.19. The Balaban J connectivity index is 4.51. The van der Waals surface area contributed by atoms with E-state index in [0.29, 0.717) is 19.3 Å². The summed E-state index contributed by atoms with van der Waals surface area (Å²) in [6.07, 6.45) is 73.4. The quantitative estimate of drug-likeness (QED) is 0.0262. The first-order valence-corrected chi connectivity index (χ1v) is 26.5. The Kier molecular flexibility index (Phi) is 50.0. The van der Waals surface area contributed by atoms with Crippen LogP contribution in [0.1, 0.15) is 220 Å². The first-order chi connectivity index (χ1) is 32.5. The second-order valence-electron chi connectivity index (χ2n) is 17.0. The summed E-state index contributed by atoms with van der Waals surface area (Å²) >= 11 is 0. The fourth-order valence-electron chi connectivity index (χ4n) is 6.71. The molecule has 66 heavy (non-hydrogen) atoms. The van der Waals surface area contributed by atoms with Crippen molar-refractivity contribution in [1.29, 1.82) is 0 Å². The SMILES string of the molecule is CC/C=C\C/C=C\C/C=C\C/C=C\C/C=C\C/C=C\CCC(=O)OCC(COC(=O)CCCCCCC/C=C\CCC)OC(=O)CCCCCCCC/C=C\C/C=C\C/C=C\CCCCC. The van der Waals surface area contributed by atoms with Crippen LogP contribution in [0, 0.1) is 0 Å². The van der Waals surface area contributed by atoms with E-state index in [0.717, 1.165) is 122 Å². The average molecular weight is 913 g/mol. The molecule has 0 spiro atoms. The van der Waals surface area contributed by atoms with Crippen molar-refractivity contribution < 1.29 is 28.6 Å². The van der Waals surface area contributed by atoms with Crippen molar-refractivity contribution in [1.82, 2.24) is 0 Å². The zero-order valence-corrected chi connectivity index (χ0v) is 42.4. The summed E-state index contributed by atoms with van der Waals surface area (Å²) in [4.78, 5) is 37.9. The Morgan fingerprint density at radius 2 is 0.652 bits per heavy atom. The van der Waals surface area contributed by atoms with Gasteiger partial charge in [-0.3, -0.25) is 14.4 Å². The average Bonchev–Trinajstić information content (AvgIpc) is 3.31. The summed E-state index contributed by atoms with van der Waals surface area (Å²) in [5.41, 5.74) is 0. The van der Waals surface area contributed by atoms with E-state index in [9.17, 15) is 14.4 Å². The maximum atomic E-state index is 12.8. The van der Waals surface area contributed by atoms with E-state index in [2.05, 4.69) is 130 Å². The van der Waals surface area contributed by atoms with E-state index < -0.39 is 6.10 Å². The van der Waals surface area contributed by atoms with Crippen molar-refractivity contribution in [3.05, 3.63) is 122 Å². The molecule has 0 bridgehead atoms. The van der Waals surface area contributed by atoms with Crippen molar-refractivity contribution in [2.24, 2.45) is 0 Å². The van der Waals surface area contributed by atoms with Crippen LogP contribution in [0.5, 0.6) is 0 Å². The molecule has 0 N–H and O–H groups in total. The molecule has 0 rings (SSSR count). The molecule has 0 aromatic rings. The summed E-state index contributed by atoms with van der Waals surface area (Å²) in [5.74, 6) is -1.03. The number of carbonyl (C=O) groups is 3. The normalized spacial score (nSPS) is 13.1. The van der Waals surface area contributed by atoms with Crippen molar-refractivity contribution in [2.45, 2.75) is 226 Å². The summed E-state index contributed by atoms with van der Waals surface area (Å²) in [6, 6.07) is 0. The van der Waals surface area contributed by atoms with Crippen LogP contribution in [-0.2, 0) is 28.6 Å². The van der Waals surface area contributed by atoms with Gasteiger partial charge in [-0.1, -0.05) is 206 Å². The van der Waals surface area contributed by atoms with Crippen LogP contribution < -0.4 is 0 Å². The summed E-state index contributed by atoms with van der Waals surface area (Å²) < 4.78 is 16.7. The second-order valence-corrected chi connectivity index (χ2v) is 17.0. The lowest BCUT2D eigenvalue weighted by atomic mass is 10.1. The largest absolute Gasteiger partial charge is 0.462 e. The maximum absolute atomic E-state index is 12.8. The van der Waals surface area contributed by atoms with E-state index in [-0.39, 0.29) is 37.5 Å². The molecular weight excluding hydrogens is 817 g/mol. The minimum Gasteiger partial charge on any atom is -0.462 e. The zero-order valence-electron chi connectivity index (χ0n) is 42.4. The topological polar surface area (TPSA) is 78.9 Å². The molecule has 6 nitrogen and oxygen atoms in total. The van der Waals surface area contributed by atoms with E-state index in [1.54, 1.807) is 0 Å². The molecule has 0 aromatic heterocycles. The molecule has 0 aliphatic rings. The fourth-order valence-corrected chi connectivity index (χ4v) is 6.71. The highest BCUT2D eigenvalue weighted by Crippen LogP contribution is 2.13. The van der Waals surface area contributed by atoms with E-state index in [1.165, 1.54) is 51.4 Å². The highest BCUT2D eigenvalue weighted by Gasteiger charge is 2.19. The fraction of sp³-hybridized carbons (Fsp3) is 0.617. The second kappa shape index (κ2) is 53.4. The predicted molar refractivity (Wildman–Crippen MR) is 283 cm³/mol. The van der Waals surface area contributed by atoms with Gasteiger partial charge in [-0.15, -0.1) is 0 Å². The highest BCUT2D eigenvalue weighted by atomic mass is 16.6. The molecule has 1 atom stereocenters. The third-order valence-electron chi connectivity index (χ3n) is 10.7. The number of hydrogen-bond donors (Lipinski definition) is 0. The van der Waals surface area contributed by atoms with Crippen LogP contribution >= 0.6 is 0 Å². The number of allylic oxidation sites excluding steroid dienone is 20. The Morgan fingerprint density at radius 3 is 1.09 bits per heavy atom. The summed E-state index contributed by atoms with van der Waals surface area (Å²) in [7, 11) is 0. The van der Waals surface area contributed by atoms with Gasteiger partial charge in [-0.25, -0.2) is 0 Å². The number of hydrogen-bond acceptors (Lipinski definition) is 6. The van der Waals surface area contributed by atoms with Crippen LogP contribution in [0.15, 0.2) is 122 Å². The maximum Gasteiger partial charge on any atom is 0.306 e. The molecule has 0 aliphatic heterocycles. The lowest BCUT2D eigenvalue weighted by Gasteiger charge is -2.18. The van der Waals surface area contributed by atoms with Gasteiger partial charge in [0.15, 0.2) is 6.10 Å². The lowest BCUT2D eigenvalue weighted by molar-refractivity contribution is -0.166. The number of rotatable bonds is 46. The Bertz CT molecular complexity index is 1420. The number of unbranched alkanes of at least 4 members (excludes halogenated alkanes) is 15. The van der Waals surface area contributed by atoms with Gasteiger partial charge < -0.3 is 14.2 Å². The van der Waals surface area contributed by atoms with Gasteiger partial charge >= 0.3 is 17.9 Å². The van der Waals surface area contributed by atoms with Crippen LogP contribution in [0.2, 0.25) is 0 Å².